The molecule has 0 heterocycles. The van der Waals surface area contributed by atoms with E-state index in [4.69, 9.17) is 9.84 Å². The molecule has 1 aromatic rings. The molecule has 4 N–H and O–H groups in total. The Hall–Kier alpha value is -1.96. The molecule has 27 heavy (non-hydrogen) atoms. The average Bonchev–Trinajstić information content (AvgIpc) is 2.59. The van der Waals surface area contributed by atoms with Gasteiger partial charge in [-0.25, -0.2) is 0 Å². The van der Waals surface area contributed by atoms with Gasteiger partial charge in [-0.05, 0) is 30.4 Å². The molecule has 7 heteroatoms. The summed E-state index contributed by atoms with van der Waals surface area (Å²) in [5, 5.41) is 25.6. The first-order valence-electron chi connectivity index (χ1n) is 9.13. The third kappa shape index (κ3) is 9.51. The van der Waals surface area contributed by atoms with E-state index in [1.165, 1.54) is 7.11 Å². The van der Waals surface area contributed by atoms with E-state index in [9.17, 15) is 14.7 Å². The Balaban J connectivity index is 2.78. The van der Waals surface area contributed by atoms with Crippen molar-refractivity contribution in [2.75, 3.05) is 13.7 Å². The first-order chi connectivity index (χ1) is 12.6. The number of ether oxygens (including phenoxy) is 1. The number of benzene rings is 1. The van der Waals surface area contributed by atoms with Gasteiger partial charge in [0.1, 0.15) is 12.3 Å². The lowest BCUT2D eigenvalue weighted by Gasteiger charge is -2.28. The lowest BCUT2D eigenvalue weighted by Crippen LogP contribution is -2.55. The van der Waals surface area contributed by atoms with Crippen molar-refractivity contribution in [1.82, 2.24) is 10.6 Å². The highest BCUT2D eigenvalue weighted by Crippen LogP contribution is 2.17. The number of carbonyl (C=O) groups is 2. The number of aliphatic hydroxyl groups excluding tert-OH is 1. The van der Waals surface area contributed by atoms with Crippen LogP contribution in [0.4, 0.5) is 0 Å². The Labute approximate surface area is 161 Å². The summed E-state index contributed by atoms with van der Waals surface area (Å²) in [6.07, 6.45) is -0.335. The number of carboxylic acid groups (broad SMARTS) is 1. The molecule has 0 fully saturated rings. The van der Waals surface area contributed by atoms with E-state index in [2.05, 4.69) is 31.4 Å². The minimum atomic E-state index is -1.21. The van der Waals surface area contributed by atoms with Crippen LogP contribution in [0.1, 0.15) is 39.2 Å². The SMILES string of the molecule is COC(=O)[C@H](Cc1ccccc1)NC(O)[C@H](CC(=O)O)NCCC(C)(C)C. The van der Waals surface area contributed by atoms with Crippen molar-refractivity contribution in [3.8, 4) is 0 Å². The Morgan fingerprint density at radius 3 is 2.33 bits per heavy atom. The van der Waals surface area contributed by atoms with Gasteiger partial charge in [0.25, 0.3) is 0 Å². The lowest BCUT2D eigenvalue weighted by molar-refractivity contribution is -0.144. The van der Waals surface area contributed by atoms with Crippen molar-refractivity contribution in [2.24, 2.45) is 5.41 Å². The van der Waals surface area contributed by atoms with Gasteiger partial charge in [-0.2, -0.15) is 0 Å². The summed E-state index contributed by atoms with van der Waals surface area (Å²) in [6.45, 7) is 6.82. The van der Waals surface area contributed by atoms with E-state index in [1.54, 1.807) is 0 Å². The highest BCUT2D eigenvalue weighted by molar-refractivity contribution is 5.76. The first-order valence-corrected chi connectivity index (χ1v) is 9.13. The van der Waals surface area contributed by atoms with Crippen LogP contribution >= 0.6 is 0 Å². The topological polar surface area (TPSA) is 108 Å². The van der Waals surface area contributed by atoms with E-state index in [1.807, 2.05) is 30.3 Å². The zero-order valence-corrected chi connectivity index (χ0v) is 16.6. The zero-order valence-electron chi connectivity index (χ0n) is 16.6. The van der Waals surface area contributed by atoms with E-state index < -0.39 is 30.3 Å². The van der Waals surface area contributed by atoms with Crippen LogP contribution in [0.2, 0.25) is 0 Å². The molecule has 0 radical (unpaired) electrons. The average molecular weight is 380 g/mol. The normalized spacial score (nSPS) is 15.0. The Bertz CT molecular complexity index is 586. The van der Waals surface area contributed by atoms with Crippen LogP contribution < -0.4 is 10.6 Å². The number of carboxylic acids is 1. The van der Waals surface area contributed by atoms with E-state index in [-0.39, 0.29) is 11.8 Å². The Kier molecular flexibility index (Phi) is 9.41. The van der Waals surface area contributed by atoms with Crippen LogP contribution in [-0.4, -0.2) is 54.1 Å². The first kappa shape index (κ1) is 23.1. The van der Waals surface area contributed by atoms with Crippen molar-refractivity contribution in [3.05, 3.63) is 35.9 Å². The maximum atomic E-state index is 12.1. The number of nitrogens with one attached hydrogen (secondary N) is 2. The molecular formula is C20H32N2O5. The van der Waals surface area contributed by atoms with Crippen LogP contribution in [0.5, 0.6) is 0 Å². The number of aliphatic carboxylic acids is 1. The van der Waals surface area contributed by atoms with Crippen molar-refractivity contribution in [3.63, 3.8) is 0 Å². The van der Waals surface area contributed by atoms with Gasteiger partial charge in [-0.3, -0.25) is 14.9 Å². The molecule has 1 rings (SSSR count). The molecule has 152 valence electrons. The molecule has 0 aliphatic heterocycles. The number of rotatable bonds is 11. The van der Waals surface area contributed by atoms with Crippen molar-refractivity contribution >= 4 is 11.9 Å². The standard InChI is InChI=1S/C20H32N2O5/c1-20(2,3)10-11-21-15(13-17(23)24)18(25)22-16(19(26)27-4)12-14-8-6-5-7-9-14/h5-9,15-16,18,21-22,25H,10-13H2,1-4H3,(H,23,24)/t15-,16-,18?/m0/s1. The second kappa shape index (κ2) is 11.0. The number of aliphatic hydroxyl groups is 1. The van der Waals surface area contributed by atoms with Crippen LogP contribution in [0.15, 0.2) is 30.3 Å². The zero-order chi connectivity index (χ0) is 20.4. The summed E-state index contributed by atoms with van der Waals surface area (Å²) in [7, 11) is 1.28. The summed E-state index contributed by atoms with van der Waals surface area (Å²) >= 11 is 0. The van der Waals surface area contributed by atoms with Crippen molar-refractivity contribution in [2.45, 2.75) is 58.3 Å². The van der Waals surface area contributed by atoms with Crippen LogP contribution in [0.25, 0.3) is 0 Å². The molecule has 0 aliphatic rings. The van der Waals surface area contributed by atoms with Gasteiger partial charge in [0, 0.05) is 0 Å². The van der Waals surface area contributed by atoms with Crippen molar-refractivity contribution in [1.29, 1.82) is 0 Å². The third-order valence-corrected chi connectivity index (χ3v) is 4.20. The number of carbonyl (C=O) groups excluding carboxylic acids is 1. The highest BCUT2D eigenvalue weighted by Gasteiger charge is 2.28. The Morgan fingerprint density at radius 2 is 1.81 bits per heavy atom. The number of hydrogen-bond donors (Lipinski definition) is 4. The predicted molar refractivity (Wildman–Crippen MR) is 103 cm³/mol. The second-order valence-corrected chi connectivity index (χ2v) is 7.85. The molecule has 3 atom stereocenters. The van der Waals surface area contributed by atoms with Gasteiger partial charge in [-0.15, -0.1) is 0 Å². The molecule has 0 amide bonds. The lowest BCUT2D eigenvalue weighted by atomic mass is 9.92. The summed E-state index contributed by atoms with van der Waals surface area (Å²) in [5.41, 5.74) is 0.990. The smallest absolute Gasteiger partial charge is 0.323 e. The third-order valence-electron chi connectivity index (χ3n) is 4.20. The molecule has 1 unspecified atom stereocenters. The van der Waals surface area contributed by atoms with Gasteiger partial charge in [0.2, 0.25) is 0 Å². The van der Waals surface area contributed by atoms with Gasteiger partial charge in [0.15, 0.2) is 0 Å². The fourth-order valence-corrected chi connectivity index (χ4v) is 2.64. The number of esters is 1. The molecule has 0 aliphatic carbocycles. The molecular weight excluding hydrogens is 348 g/mol. The van der Waals surface area contributed by atoms with E-state index >= 15 is 0 Å². The highest BCUT2D eigenvalue weighted by atomic mass is 16.5. The quantitative estimate of drug-likeness (QED) is 0.341. The number of methoxy groups -OCH3 is 1. The van der Waals surface area contributed by atoms with Crippen LogP contribution in [0.3, 0.4) is 0 Å². The minimum absolute atomic E-state index is 0.0843. The summed E-state index contributed by atoms with van der Waals surface area (Å²) in [4.78, 5) is 23.3. The minimum Gasteiger partial charge on any atom is -0.481 e. The summed E-state index contributed by atoms with van der Waals surface area (Å²) in [6, 6.07) is 7.84. The molecule has 7 nitrogen and oxygen atoms in total. The molecule has 0 saturated heterocycles. The van der Waals surface area contributed by atoms with Crippen LogP contribution in [-0.2, 0) is 20.7 Å². The maximum absolute atomic E-state index is 12.1. The van der Waals surface area contributed by atoms with Gasteiger partial charge >= 0.3 is 11.9 Å². The Morgan fingerprint density at radius 1 is 1.19 bits per heavy atom. The fourth-order valence-electron chi connectivity index (χ4n) is 2.64. The largest absolute Gasteiger partial charge is 0.481 e. The van der Waals surface area contributed by atoms with Gasteiger partial charge < -0.3 is 20.3 Å². The second-order valence-electron chi connectivity index (χ2n) is 7.85. The molecule has 0 saturated carbocycles. The van der Waals surface area contributed by atoms with Gasteiger partial charge in [-0.1, -0.05) is 51.1 Å². The molecule has 0 aromatic heterocycles. The molecule has 0 spiro atoms. The predicted octanol–water partition coefficient (Wildman–Crippen LogP) is 1.55. The number of hydrogen-bond acceptors (Lipinski definition) is 6. The monoisotopic (exact) mass is 380 g/mol. The van der Waals surface area contributed by atoms with Gasteiger partial charge in [0.05, 0.1) is 19.6 Å². The van der Waals surface area contributed by atoms with Crippen molar-refractivity contribution < 1.29 is 24.5 Å². The summed E-state index contributed by atoms with van der Waals surface area (Å²) in [5.74, 6) is -1.54. The molecule has 0 bridgehead atoms. The molecule has 1 aromatic carbocycles. The summed E-state index contributed by atoms with van der Waals surface area (Å²) < 4.78 is 4.82. The fraction of sp³-hybridized carbons (Fsp3) is 0.600. The van der Waals surface area contributed by atoms with E-state index in [0.29, 0.717) is 13.0 Å². The maximum Gasteiger partial charge on any atom is 0.323 e. The van der Waals surface area contributed by atoms with Crippen LogP contribution in [0, 0.1) is 5.41 Å². The van der Waals surface area contributed by atoms with E-state index in [0.717, 1.165) is 12.0 Å².